The number of benzene rings is 2. The molecule has 0 saturated heterocycles. The van der Waals surface area contributed by atoms with Gasteiger partial charge in [0.25, 0.3) is 10.0 Å². The van der Waals surface area contributed by atoms with Gasteiger partial charge in [0.15, 0.2) is 17.3 Å². The first-order valence-corrected chi connectivity index (χ1v) is 10.8. The largest absolute Gasteiger partial charge is 0.493 e. The smallest absolute Gasteiger partial charge is 0.344 e. The van der Waals surface area contributed by atoms with E-state index in [1.807, 2.05) is 0 Å². The van der Waals surface area contributed by atoms with Gasteiger partial charge in [-0.05, 0) is 24.3 Å². The third kappa shape index (κ3) is 3.71. The number of sulfonamides is 1. The summed E-state index contributed by atoms with van der Waals surface area (Å²) in [6, 6.07) is 6.33. The third-order valence-electron chi connectivity index (χ3n) is 4.95. The van der Waals surface area contributed by atoms with Crippen LogP contribution in [-0.4, -0.2) is 33.7 Å². The summed E-state index contributed by atoms with van der Waals surface area (Å²) in [6.07, 6.45) is 1.23. The minimum Gasteiger partial charge on any atom is -0.493 e. The quantitative estimate of drug-likeness (QED) is 0.552. The fourth-order valence-corrected chi connectivity index (χ4v) is 4.95. The van der Waals surface area contributed by atoms with Crippen LogP contribution in [0.2, 0.25) is 0 Å². The molecule has 0 bridgehead atoms. The Morgan fingerprint density at radius 1 is 0.970 bits per heavy atom. The molecule has 0 fully saturated rings. The van der Waals surface area contributed by atoms with Crippen LogP contribution in [0.1, 0.15) is 5.56 Å². The molecule has 4 rings (SSSR count). The number of rotatable bonds is 5. The van der Waals surface area contributed by atoms with Crippen molar-refractivity contribution < 1.29 is 35.9 Å². The van der Waals surface area contributed by atoms with Crippen molar-refractivity contribution in [3.8, 4) is 11.5 Å². The molecular weight excluding hydrogens is 463 g/mol. The molecule has 1 aliphatic rings. The van der Waals surface area contributed by atoms with E-state index in [-0.39, 0.29) is 27.9 Å². The highest BCUT2D eigenvalue weighted by Crippen LogP contribution is 2.39. The molecular formula is C21H16F3N3O5S. The predicted molar refractivity (Wildman–Crippen MR) is 111 cm³/mol. The Labute approximate surface area is 186 Å². The van der Waals surface area contributed by atoms with Crippen LogP contribution in [0.4, 0.5) is 29.5 Å². The lowest BCUT2D eigenvalue weighted by Crippen LogP contribution is -2.51. The number of anilines is 2. The van der Waals surface area contributed by atoms with E-state index in [2.05, 4.69) is 4.98 Å². The molecule has 0 unspecified atom stereocenters. The van der Waals surface area contributed by atoms with Crippen molar-refractivity contribution in [2.45, 2.75) is 11.4 Å². The summed E-state index contributed by atoms with van der Waals surface area (Å²) in [5.74, 6) is -3.48. The van der Waals surface area contributed by atoms with Crippen molar-refractivity contribution in [1.29, 1.82) is 0 Å². The van der Waals surface area contributed by atoms with Gasteiger partial charge in [0.05, 0.1) is 26.5 Å². The summed E-state index contributed by atoms with van der Waals surface area (Å²) in [7, 11) is -1.73. The average Bonchev–Trinajstić information content (AvgIpc) is 2.77. The zero-order chi connectivity index (χ0) is 23.9. The molecule has 2 amide bonds. The molecule has 3 aromatic rings. The molecule has 0 spiro atoms. The Kier molecular flexibility index (Phi) is 5.62. The van der Waals surface area contributed by atoms with Crippen molar-refractivity contribution in [1.82, 2.24) is 4.98 Å². The molecule has 0 radical (unpaired) electrons. The monoisotopic (exact) mass is 479 g/mol. The molecule has 1 aliphatic heterocycles. The topological polar surface area (TPSA) is 89.0 Å². The van der Waals surface area contributed by atoms with Gasteiger partial charge in [0, 0.05) is 30.0 Å². The van der Waals surface area contributed by atoms with E-state index in [1.54, 1.807) is 0 Å². The summed E-state index contributed by atoms with van der Waals surface area (Å²) in [5, 5.41) is 0. The number of aromatic nitrogens is 1. The van der Waals surface area contributed by atoms with E-state index in [4.69, 9.17) is 9.47 Å². The number of methoxy groups -OCH3 is 2. The lowest BCUT2D eigenvalue weighted by Gasteiger charge is -2.35. The molecule has 12 heteroatoms. The van der Waals surface area contributed by atoms with Gasteiger partial charge < -0.3 is 9.47 Å². The Morgan fingerprint density at radius 2 is 1.64 bits per heavy atom. The number of amides is 2. The number of fused-ring (bicyclic) bond motifs is 1. The van der Waals surface area contributed by atoms with E-state index >= 15 is 0 Å². The van der Waals surface area contributed by atoms with Gasteiger partial charge in [-0.3, -0.25) is 4.90 Å². The lowest BCUT2D eigenvalue weighted by atomic mass is 10.1. The van der Waals surface area contributed by atoms with Gasteiger partial charge in [0.2, 0.25) is 0 Å². The molecule has 33 heavy (non-hydrogen) atoms. The number of hydrogen-bond donors (Lipinski definition) is 0. The SMILES string of the molecule is COc1ccc(N2C(=O)N(Cc3c(F)cc(F)cc3F)c3ncccc3S2(=O)=O)cc1OC. The summed E-state index contributed by atoms with van der Waals surface area (Å²) < 4.78 is 79.4. The maximum atomic E-state index is 14.3. The Hall–Kier alpha value is -3.80. The average molecular weight is 479 g/mol. The fourth-order valence-electron chi connectivity index (χ4n) is 3.41. The minimum atomic E-state index is -4.45. The Bertz CT molecular complexity index is 1340. The van der Waals surface area contributed by atoms with Crippen LogP contribution in [-0.2, 0) is 16.6 Å². The van der Waals surface area contributed by atoms with Crippen LogP contribution in [0.25, 0.3) is 0 Å². The molecule has 0 saturated carbocycles. The second-order valence-corrected chi connectivity index (χ2v) is 8.61. The molecule has 0 N–H and O–H groups in total. The van der Waals surface area contributed by atoms with Gasteiger partial charge in [-0.15, -0.1) is 0 Å². The van der Waals surface area contributed by atoms with Gasteiger partial charge in [0.1, 0.15) is 22.3 Å². The van der Waals surface area contributed by atoms with E-state index in [9.17, 15) is 26.4 Å². The molecule has 2 aromatic carbocycles. The fraction of sp³-hybridized carbons (Fsp3) is 0.143. The van der Waals surface area contributed by atoms with E-state index in [0.717, 1.165) is 4.90 Å². The van der Waals surface area contributed by atoms with Crippen molar-refractivity contribution in [3.63, 3.8) is 0 Å². The first-order valence-electron chi connectivity index (χ1n) is 9.36. The molecule has 8 nitrogen and oxygen atoms in total. The summed E-state index contributed by atoms with van der Waals surface area (Å²) in [5.41, 5.74) is -0.731. The van der Waals surface area contributed by atoms with Crippen LogP contribution in [0.3, 0.4) is 0 Å². The summed E-state index contributed by atoms with van der Waals surface area (Å²) in [4.78, 5) is 17.8. The zero-order valence-electron chi connectivity index (χ0n) is 17.3. The molecule has 2 heterocycles. The number of urea groups is 1. The highest BCUT2D eigenvalue weighted by atomic mass is 32.2. The number of pyridine rings is 1. The number of ether oxygens (including phenoxy) is 2. The zero-order valence-corrected chi connectivity index (χ0v) is 18.1. The Morgan fingerprint density at radius 3 is 2.27 bits per heavy atom. The van der Waals surface area contributed by atoms with Crippen LogP contribution in [0, 0.1) is 17.5 Å². The maximum Gasteiger partial charge on any atom is 0.344 e. The number of carbonyl (C=O) groups is 1. The first kappa shape index (κ1) is 22.4. The normalized spacial score (nSPS) is 14.8. The van der Waals surface area contributed by atoms with E-state index in [0.29, 0.717) is 16.4 Å². The molecule has 0 aliphatic carbocycles. The second-order valence-electron chi connectivity index (χ2n) is 6.85. The van der Waals surface area contributed by atoms with Crippen molar-refractivity contribution in [2.24, 2.45) is 0 Å². The van der Waals surface area contributed by atoms with Crippen molar-refractivity contribution in [3.05, 3.63) is 71.7 Å². The molecule has 172 valence electrons. The van der Waals surface area contributed by atoms with Crippen molar-refractivity contribution >= 4 is 27.6 Å². The Balaban J connectivity index is 1.89. The maximum absolute atomic E-state index is 14.3. The van der Waals surface area contributed by atoms with Crippen LogP contribution >= 0.6 is 0 Å². The van der Waals surface area contributed by atoms with Gasteiger partial charge >= 0.3 is 6.03 Å². The predicted octanol–water partition coefficient (Wildman–Crippen LogP) is 3.85. The van der Waals surface area contributed by atoms with Crippen molar-refractivity contribution in [2.75, 3.05) is 23.4 Å². The van der Waals surface area contributed by atoms with Gasteiger partial charge in [-0.1, -0.05) is 0 Å². The molecule has 0 atom stereocenters. The number of halogens is 3. The minimum absolute atomic E-state index is 0.0998. The summed E-state index contributed by atoms with van der Waals surface area (Å²) in [6.45, 7) is -0.736. The van der Waals surface area contributed by atoms with Gasteiger partial charge in [-0.25, -0.2) is 31.4 Å². The number of carbonyl (C=O) groups excluding carboxylic acids is 1. The van der Waals surface area contributed by atoms with Gasteiger partial charge in [-0.2, -0.15) is 4.31 Å². The second kappa shape index (κ2) is 8.28. The van der Waals surface area contributed by atoms with Crippen LogP contribution in [0.5, 0.6) is 11.5 Å². The lowest BCUT2D eigenvalue weighted by molar-refractivity contribution is 0.253. The summed E-state index contributed by atoms with van der Waals surface area (Å²) >= 11 is 0. The van der Waals surface area contributed by atoms with E-state index < -0.39 is 45.6 Å². The highest BCUT2D eigenvalue weighted by Gasteiger charge is 2.44. The number of hydrogen-bond acceptors (Lipinski definition) is 6. The third-order valence-corrected chi connectivity index (χ3v) is 6.68. The standard InChI is InChI=1S/C21H16F3N3O5S/c1-31-17-6-5-13(10-18(17)32-2)27-21(28)26(11-14-15(23)8-12(22)9-16(14)24)20-19(33(27,29)30)4-3-7-25-20/h3-10H,11H2,1-2H3. The van der Waals surface area contributed by atoms with Crippen LogP contribution < -0.4 is 18.7 Å². The van der Waals surface area contributed by atoms with Crippen LogP contribution in [0.15, 0.2) is 53.6 Å². The van der Waals surface area contributed by atoms with E-state index in [1.165, 1.54) is 50.7 Å². The first-order chi connectivity index (χ1) is 15.7. The number of nitrogens with zero attached hydrogens (tertiary/aromatic N) is 3. The molecule has 1 aromatic heterocycles. The highest BCUT2D eigenvalue weighted by molar-refractivity contribution is 7.94.